The van der Waals surface area contributed by atoms with E-state index in [0.717, 1.165) is 29.0 Å². The average molecular weight is 327 g/mol. The second kappa shape index (κ2) is 8.82. The maximum Gasteiger partial charge on any atom is 0.188 e. The van der Waals surface area contributed by atoms with Gasteiger partial charge in [-0.05, 0) is 36.6 Å². The van der Waals surface area contributed by atoms with E-state index < -0.39 is 0 Å². The van der Waals surface area contributed by atoms with Crippen molar-refractivity contribution in [2.45, 2.75) is 19.9 Å². The van der Waals surface area contributed by atoms with Gasteiger partial charge in [0.2, 0.25) is 0 Å². The number of benzene rings is 2. The number of hydrogen-bond donors (Lipinski definition) is 2. The molecule has 0 spiro atoms. The Morgan fingerprint density at radius 1 is 1.04 bits per heavy atom. The van der Waals surface area contributed by atoms with Gasteiger partial charge in [0.25, 0.3) is 0 Å². The Labute approximate surface area is 143 Å². The standard InChI is InChI=1S/C19H25N3O2/c1-14-5-4-6-16(11-14)13-22-19(20)21-10-9-15-7-8-17(23-2)18(12-15)24-3/h4-8,11-12H,9-10,13H2,1-3H3,(H3,20,21,22). The molecule has 0 aromatic heterocycles. The van der Waals surface area contributed by atoms with Crippen LogP contribution in [-0.4, -0.2) is 26.7 Å². The summed E-state index contributed by atoms with van der Waals surface area (Å²) >= 11 is 0. The highest BCUT2D eigenvalue weighted by atomic mass is 16.5. The third-order valence-electron chi connectivity index (χ3n) is 3.68. The van der Waals surface area contributed by atoms with E-state index in [2.05, 4.69) is 29.4 Å². The molecule has 0 saturated heterocycles. The first kappa shape index (κ1) is 17.7. The van der Waals surface area contributed by atoms with Crippen LogP contribution in [0.3, 0.4) is 0 Å². The van der Waals surface area contributed by atoms with Crippen LogP contribution in [0.15, 0.2) is 47.5 Å². The van der Waals surface area contributed by atoms with Crippen LogP contribution < -0.4 is 20.5 Å². The molecule has 5 heteroatoms. The van der Waals surface area contributed by atoms with Gasteiger partial charge in [-0.1, -0.05) is 35.9 Å². The van der Waals surface area contributed by atoms with Gasteiger partial charge in [0.1, 0.15) is 0 Å². The van der Waals surface area contributed by atoms with Crippen molar-refractivity contribution in [3.63, 3.8) is 0 Å². The molecule has 0 unspecified atom stereocenters. The fourth-order valence-corrected chi connectivity index (χ4v) is 2.41. The highest BCUT2D eigenvalue weighted by Crippen LogP contribution is 2.27. The van der Waals surface area contributed by atoms with Crippen LogP contribution in [0.25, 0.3) is 0 Å². The molecule has 3 N–H and O–H groups in total. The third-order valence-corrected chi connectivity index (χ3v) is 3.68. The van der Waals surface area contributed by atoms with E-state index in [0.29, 0.717) is 19.0 Å². The van der Waals surface area contributed by atoms with Crippen molar-refractivity contribution in [2.24, 2.45) is 10.7 Å². The Hall–Kier alpha value is -2.69. The van der Waals surface area contributed by atoms with Gasteiger partial charge in [-0.15, -0.1) is 0 Å². The minimum Gasteiger partial charge on any atom is -0.493 e. The molecule has 0 bridgehead atoms. The Morgan fingerprint density at radius 2 is 1.83 bits per heavy atom. The van der Waals surface area contributed by atoms with Gasteiger partial charge in [-0.3, -0.25) is 0 Å². The van der Waals surface area contributed by atoms with Crippen LogP contribution in [0, 0.1) is 6.92 Å². The normalized spacial score (nSPS) is 11.2. The van der Waals surface area contributed by atoms with E-state index in [1.165, 1.54) is 5.56 Å². The summed E-state index contributed by atoms with van der Waals surface area (Å²) in [5.74, 6) is 1.92. The lowest BCUT2D eigenvalue weighted by atomic mass is 10.1. The first-order valence-electron chi connectivity index (χ1n) is 7.92. The molecule has 24 heavy (non-hydrogen) atoms. The van der Waals surface area contributed by atoms with Crippen LogP contribution in [0.1, 0.15) is 16.7 Å². The zero-order chi connectivity index (χ0) is 17.4. The summed E-state index contributed by atoms with van der Waals surface area (Å²) in [5, 5.41) is 3.14. The van der Waals surface area contributed by atoms with Crippen LogP contribution in [0.5, 0.6) is 11.5 Å². The van der Waals surface area contributed by atoms with Crippen molar-refractivity contribution < 1.29 is 9.47 Å². The van der Waals surface area contributed by atoms with Gasteiger partial charge in [-0.2, -0.15) is 0 Å². The van der Waals surface area contributed by atoms with Gasteiger partial charge in [0.05, 0.1) is 20.8 Å². The van der Waals surface area contributed by atoms with E-state index in [4.69, 9.17) is 15.2 Å². The number of nitrogens with zero attached hydrogens (tertiary/aromatic N) is 1. The van der Waals surface area contributed by atoms with Gasteiger partial charge < -0.3 is 20.5 Å². The number of hydrogen-bond acceptors (Lipinski definition) is 3. The van der Waals surface area contributed by atoms with E-state index in [-0.39, 0.29) is 0 Å². The Balaban J connectivity index is 1.83. The third kappa shape index (κ3) is 5.19. The molecule has 0 amide bonds. The predicted molar refractivity (Wildman–Crippen MR) is 97.8 cm³/mol. The largest absolute Gasteiger partial charge is 0.493 e. The molecule has 0 aliphatic rings. The zero-order valence-corrected chi connectivity index (χ0v) is 14.5. The molecular formula is C19H25N3O2. The molecule has 2 aromatic rings. The molecular weight excluding hydrogens is 302 g/mol. The van der Waals surface area contributed by atoms with Gasteiger partial charge in [-0.25, -0.2) is 4.99 Å². The van der Waals surface area contributed by atoms with E-state index in [1.807, 2.05) is 30.3 Å². The van der Waals surface area contributed by atoms with Crippen molar-refractivity contribution in [3.05, 3.63) is 59.2 Å². The van der Waals surface area contributed by atoms with Crippen molar-refractivity contribution in [3.8, 4) is 11.5 Å². The first-order valence-corrected chi connectivity index (χ1v) is 7.92. The van der Waals surface area contributed by atoms with Crippen molar-refractivity contribution in [1.29, 1.82) is 0 Å². The second-order valence-electron chi connectivity index (χ2n) is 5.56. The molecule has 2 aromatic carbocycles. The van der Waals surface area contributed by atoms with E-state index in [1.54, 1.807) is 14.2 Å². The summed E-state index contributed by atoms with van der Waals surface area (Å²) in [6.07, 6.45) is 0.820. The summed E-state index contributed by atoms with van der Waals surface area (Å²) in [6.45, 7) is 3.35. The summed E-state index contributed by atoms with van der Waals surface area (Å²) in [4.78, 5) is 4.37. The molecule has 0 saturated carbocycles. The molecule has 5 nitrogen and oxygen atoms in total. The highest BCUT2D eigenvalue weighted by Gasteiger charge is 2.04. The van der Waals surface area contributed by atoms with Crippen molar-refractivity contribution in [1.82, 2.24) is 5.32 Å². The van der Waals surface area contributed by atoms with Gasteiger partial charge >= 0.3 is 0 Å². The Kier molecular flexibility index (Phi) is 6.49. The zero-order valence-electron chi connectivity index (χ0n) is 14.5. The topological polar surface area (TPSA) is 68.9 Å². The SMILES string of the molecule is COc1ccc(CCNC(N)=NCc2cccc(C)c2)cc1OC. The number of aliphatic imine (C=N–C) groups is 1. The minimum absolute atomic E-state index is 0.456. The molecule has 0 atom stereocenters. The molecule has 128 valence electrons. The number of aryl methyl sites for hydroxylation is 1. The molecule has 0 radical (unpaired) electrons. The average Bonchev–Trinajstić information content (AvgIpc) is 2.60. The fourth-order valence-electron chi connectivity index (χ4n) is 2.41. The summed E-state index contributed by atoms with van der Waals surface area (Å²) in [6, 6.07) is 14.2. The summed E-state index contributed by atoms with van der Waals surface area (Å²) < 4.78 is 10.5. The van der Waals surface area contributed by atoms with Gasteiger partial charge in [0, 0.05) is 6.54 Å². The van der Waals surface area contributed by atoms with Crippen molar-refractivity contribution in [2.75, 3.05) is 20.8 Å². The smallest absolute Gasteiger partial charge is 0.188 e. The molecule has 0 aliphatic heterocycles. The maximum absolute atomic E-state index is 5.92. The van der Waals surface area contributed by atoms with E-state index in [9.17, 15) is 0 Å². The van der Waals surface area contributed by atoms with Gasteiger partial charge in [0.15, 0.2) is 17.5 Å². The number of nitrogens with one attached hydrogen (secondary N) is 1. The number of methoxy groups -OCH3 is 2. The maximum atomic E-state index is 5.92. The summed E-state index contributed by atoms with van der Waals surface area (Å²) in [5.41, 5.74) is 9.44. The van der Waals surface area contributed by atoms with Crippen LogP contribution in [0.4, 0.5) is 0 Å². The fraction of sp³-hybridized carbons (Fsp3) is 0.316. The number of rotatable bonds is 7. The number of guanidine groups is 1. The van der Waals surface area contributed by atoms with Crippen LogP contribution >= 0.6 is 0 Å². The quantitative estimate of drug-likeness (QED) is 0.606. The molecule has 0 fully saturated rings. The number of ether oxygens (including phenoxy) is 2. The summed E-state index contributed by atoms with van der Waals surface area (Å²) in [7, 11) is 3.26. The lowest BCUT2D eigenvalue weighted by Gasteiger charge is -2.10. The second-order valence-corrected chi connectivity index (χ2v) is 5.56. The highest BCUT2D eigenvalue weighted by molar-refractivity contribution is 5.77. The minimum atomic E-state index is 0.456. The molecule has 2 rings (SSSR count). The number of nitrogens with two attached hydrogens (primary N) is 1. The predicted octanol–water partition coefficient (Wildman–Crippen LogP) is 2.66. The van der Waals surface area contributed by atoms with Crippen LogP contribution in [-0.2, 0) is 13.0 Å². The van der Waals surface area contributed by atoms with Crippen molar-refractivity contribution >= 4 is 5.96 Å². The molecule has 0 heterocycles. The van der Waals surface area contributed by atoms with Crippen LogP contribution in [0.2, 0.25) is 0 Å². The first-order chi connectivity index (χ1) is 11.6. The molecule has 0 aliphatic carbocycles. The van der Waals surface area contributed by atoms with E-state index >= 15 is 0 Å². The monoisotopic (exact) mass is 327 g/mol. The lowest BCUT2D eigenvalue weighted by Crippen LogP contribution is -2.33. The Bertz CT molecular complexity index is 699. The lowest BCUT2D eigenvalue weighted by molar-refractivity contribution is 0.354. The Morgan fingerprint density at radius 3 is 2.54 bits per heavy atom.